The van der Waals surface area contributed by atoms with Gasteiger partial charge in [0, 0.05) is 25.2 Å². The molecule has 32 heavy (non-hydrogen) atoms. The smallest absolute Gasteiger partial charge is 0.273 e. The molecule has 0 unspecified atom stereocenters. The van der Waals surface area contributed by atoms with Crippen LogP contribution in [-0.4, -0.2) is 40.6 Å². The number of carbonyl (C=O) groups excluding carboxylic acids is 1. The maximum atomic E-state index is 13.6. The molecule has 0 saturated carbocycles. The first-order chi connectivity index (χ1) is 15.4. The maximum absolute atomic E-state index is 13.6. The van der Waals surface area contributed by atoms with E-state index in [2.05, 4.69) is 11.4 Å². The Balaban J connectivity index is 1.86. The number of rotatable bonds is 5. The zero-order valence-corrected chi connectivity index (χ0v) is 19.0. The molecule has 3 N–H and O–H groups in total. The molecule has 1 aliphatic rings. The average Bonchev–Trinajstić information content (AvgIpc) is 3.20. The molecule has 1 fully saturated rings. The molecule has 166 valence electrons. The van der Waals surface area contributed by atoms with E-state index in [0.717, 1.165) is 36.3 Å². The van der Waals surface area contributed by atoms with Gasteiger partial charge in [-0.05, 0) is 44.4 Å². The van der Waals surface area contributed by atoms with Gasteiger partial charge in [0.1, 0.15) is 4.70 Å². The normalized spacial score (nSPS) is 16.3. The minimum Gasteiger partial charge on any atom is -0.349 e. The van der Waals surface area contributed by atoms with E-state index in [1.165, 1.54) is 0 Å². The van der Waals surface area contributed by atoms with E-state index in [1.807, 2.05) is 30.9 Å². The fourth-order valence-corrected chi connectivity index (χ4v) is 4.91. The molecule has 0 aliphatic carbocycles. The fourth-order valence-electron chi connectivity index (χ4n) is 3.96. The summed E-state index contributed by atoms with van der Waals surface area (Å²) in [7, 11) is 0. The summed E-state index contributed by atoms with van der Waals surface area (Å²) in [6.45, 7) is 5.35. The molecule has 0 bridgehead atoms. The van der Waals surface area contributed by atoms with Crippen molar-refractivity contribution < 1.29 is 4.79 Å². The van der Waals surface area contributed by atoms with Crippen LogP contribution in [0, 0.1) is 11.3 Å². The lowest BCUT2D eigenvalue weighted by atomic mass is 10.1. The summed E-state index contributed by atoms with van der Waals surface area (Å²) in [5.74, 6) is 0.310. The molecule has 1 saturated heterocycles. The van der Waals surface area contributed by atoms with E-state index in [1.54, 1.807) is 22.8 Å². The first kappa shape index (κ1) is 22.0. The fraction of sp³-hybridized carbons (Fsp3) is 0.391. The lowest BCUT2D eigenvalue weighted by Gasteiger charge is -2.33. The van der Waals surface area contributed by atoms with E-state index in [-0.39, 0.29) is 30.1 Å². The molecule has 1 aliphatic heterocycles. The lowest BCUT2D eigenvalue weighted by molar-refractivity contribution is 0.0947. The Morgan fingerprint density at radius 3 is 2.91 bits per heavy atom. The number of carbonyl (C=O) groups is 1. The van der Waals surface area contributed by atoms with Crippen LogP contribution in [0.1, 0.15) is 47.5 Å². The Kier molecular flexibility index (Phi) is 6.26. The van der Waals surface area contributed by atoms with Crippen molar-refractivity contribution in [1.29, 1.82) is 5.26 Å². The number of piperidine rings is 1. The van der Waals surface area contributed by atoms with Crippen molar-refractivity contribution in [2.45, 2.75) is 45.3 Å². The Morgan fingerprint density at radius 1 is 1.41 bits per heavy atom. The van der Waals surface area contributed by atoms with E-state index in [4.69, 9.17) is 10.7 Å². The topological polar surface area (TPSA) is 117 Å². The molecule has 2 aromatic heterocycles. The molecule has 3 aromatic rings. The van der Waals surface area contributed by atoms with Gasteiger partial charge in [-0.3, -0.25) is 14.2 Å². The number of benzene rings is 1. The van der Waals surface area contributed by atoms with E-state index in [0.29, 0.717) is 33.2 Å². The summed E-state index contributed by atoms with van der Waals surface area (Å²) in [6, 6.07) is 11.1. The highest BCUT2D eigenvalue weighted by Gasteiger charge is 2.24. The number of hydrogen-bond acceptors (Lipinski definition) is 7. The van der Waals surface area contributed by atoms with Gasteiger partial charge in [-0.15, -0.1) is 11.3 Å². The molecule has 0 spiro atoms. The summed E-state index contributed by atoms with van der Waals surface area (Å²) in [5.41, 5.74) is 7.75. The SMILES string of the molecule is CC(C)NC(=O)c1cc2nc(N3CCC[C@@H](N)C3)n(Cc3ccccc3C#N)c(=O)c2s1. The quantitative estimate of drug-likeness (QED) is 0.617. The highest BCUT2D eigenvalue weighted by atomic mass is 32.1. The minimum atomic E-state index is -0.217. The monoisotopic (exact) mass is 450 g/mol. The summed E-state index contributed by atoms with van der Waals surface area (Å²) in [4.78, 5) is 33.4. The van der Waals surface area contributed by atoms with Crippen molar-refractivity contribution in [3.05, 3.63) is 56.7 Å². The number of fused-ring (bicyclic) bond motifs is 1. The third-order valence-corrected chi connectivity index (χ3v) is 6.58. The van der Waals surface area contributed by atoms with Crippen molar-refractivity contribution in [2.24, 2.45) is 5.73 Å². The molecule has 1 amide bonds. The van der Waals surface area contributed by atoms with Crippen LogP contribution in [0.25, 0.3) is 10.2 Å². The maximum Gasteiger partial charge on any atom is 0.273 e. The summed E-state index contributed by atoms with van der Waals surface area (Å²) >= 11 is 1.15. The molecular weight excluding hydrogens is 424 g/mol. The van der Waals surface area contributed by atoms with Crippen molar-refractivity contribution in [3.63, 3.8) is 0 Å². The summed E-state index contributed by atoms with van der Waals surface area (Å²) < 4.78 is 2.04. The van der Waals surface area contributed by atoms with Crippen molar-refractivity contribution in [1.82, 2.24) is 14.9 Å². The number of nitrogens with one attached hydrogen (secondary N) is 1. The third kappa shape index (κ3) is 4.38. The van der Waals surface area contributed by atoms with E-state index in [9.17, 15) is 14.9 Å². The van der Waals surface area contributed by atoms with Crippen LogP contribution in [0.2, 0.25) is 0 Å². The molecule has 8 nitrogen and oxygen atoms in total. The van der Waals surface area contributed by atoms with Crippen LogP contribution in [0.4, 0.5) is 5.95 Å². The van der Waals surface area contributed by atoms with Gasteiger partial charge in [0.25, 0.3) is 11.5 Å². The third-order valence-electron chi connectivity index (χ3n) is 5.46. The second-order valence-electron chi connectivity index (χ2n) is 8.37. The van der Waals surface area contributed by atoms with Gasteiger partial charge in [-0.25, -0.2) is 4.98 Å². The second kappa shape index (κ2) is 9.10. The van der Waals surface area contributed by atoms with Gasteiger partial charge >= 0.3 is 0 Å². The first-order valence-corrected chi connectivity index (χ1v) is 11.5. The molecule has 4 rings (SSSR count). The van der Waals surface area contributed by atoms with Crippen LogP contribution < -0.4 is 21.5 Å². The Morgan fingerprint density at radius 2 is 2.19 bits per heavy atom. The Hall–Kier alpha value is -3.22. The zero-order valence-electron chi connectivity index (χ0n) is 18.2. The Bertz CT molecular complexity index is 1260. The number of hydrogen-bond donors (Lipinski definition) is 2. The lowest BCUT2D eigenvalue weighted by Crippen LogP contribution is -2.45. The number of nitriles is 1. The van der Waals surface area contributed by atoms with Crippen molar-refractivity contribution >= 4 is 33.4 Å². The highest BCUT2D eigenvalue weighted by molar-refractivity contribution is 7.20. The standard InChI is InChI=1S/C23H26N6O2S/c1-14(2)26-21(30)19-10-18-20(32-19)22(31)29(12-16-7-4-3-6-15(16)11-24)23(27-18)28-9-5-8-17(25)13-28/h3-4,6-7,10,14,17H,5,8-9,12-13,25H2,1-2H3,(H,26,30)/t17-/m1/s1. The zero-order chi connectivity index (χ0) is 22.8. The van der Waals surface area contributed by atoms with Gasteiger partial charge < -0.3 is 16.0 Å². The molecule has 1 atom stereocenters. The number of nitrogens with zero attached hydrogens (tertiary/aromatic N) is 4. The van der Waals surface area contributed by atoms with E-state index >= 15 is 0 Å². The van der Waals surface area contributed by atoms with Crippen LogP contribution in [-0.2, 0) is 6.54 Å². The molecule has 0 radical (unpaired) electrons. The van der Waals surface area contributed by atoms with Gasteiger partial charge in [0.2, 0.25) is 5.95 Å². The van der Waals surface area contributed by atoms with Gasteiger partial charge in [0.05, 0.1) is 28.6 Å². The van der Waals surface area contributed by atoms with E-state index < -0.39 is 0 Å². The number of nitrogens with two attached hydrogens (primary N) is 1. The van der Waals surface area contributed by atoms with Crippen molar-refractivity contribution in [2.75, 3.05) is 18.0 Å². The minimum absolute atomic E-state index is 0.00560. The number of aromatic nitrogens is 2. The predicted octanol–water partition coefficient (Wildman–Crippen LogP) is 2.44. The number of anilines is 1. The molecular formula is C23H26N6O2S. The molecule has 1 aromatic carbocycles. The highest BCUT2D eigenvalue weighted by Crippen LogP contribution is 2.26. The Labute approximate surface area is 190 Å². The molecule has 9 heteroatoms. The van der Waals surface area contributed by atoms with Gasteiger partial charge in [-0.1, -0.05) is 18.2 Å². The van der Waals surface area contributed by atoms with Crippen LogP contribution in [0.3, 0.4) is 0 Å². The van der Waals surface area contributed by atoms with Crippen LogP contribution >= 0.6 is 11.3 Å². The predicted molar refractivity (Wildman–Crippen MR) is 126 cm³/mol. The largest absolute Gasteiger partial charge is 0.349 e. The summed E-state index contributed by atoms with van der Waals surface area (Å²) in [6.07, 6.45) is 1.84. The van der Waals surface area contributed by atoms with Crippen LogP contribution in [0.5, 0.6) is 0 Å². The summed E-state index contributed by atoms with van der Waals surface area (Å²) in [5, 5.41) is 12.4. The average molecular weight is 451 g/mol. The number of thiophene rings is 1. The molecule has 3 heterocycles. The van der Waals surface area contributed by atoms with Gasteiger partial charge in [-0.2, -0.15) is 5.26 Å². The first-order valence-electron chi connectivity index (χ1n) is 10.7. The second-order valence-corrected chi connectivity index (χ2v) is 9.43. The van der Waals surface area contributed by atoms with Crippen LogP contribution in [0.15, 0.2) is 35.1 Å². The number of amides is 1. The van der Waals surface area contributed by atoms with Gasteiger partial charge in [0.15, 0.2) is 0 Å². The van der Waals surface area contributed by atoms with Crippen molar-refractivity contribution in [3.8, 4) is 6.07 Å².